The van der Waals surface area contributed by atoms with E-state index in [-0.39, 0.29) is 5.75 Å². The normalized spacial score (nSPS) is 10.2. The second kappa shape index (κ2) is 4.78. The number of benzene rings is 2. The summed E-state index contributed by atoms with van der Waals surface area (Å²) in [5.74, 6) is 0.746. The van der Waals surface area contributed by atoms with E-state index in [0.29, 0.717) is 23.6 Å². The van der Waals surface area contributed by atoms with Crippen LogP contribution >= 0.6 is 0 Å². The van der Waals surface area contributed by atoms with Gasteiger partial charge in [-0.25, -0.2) is 0 Å². The minimum absolute atomic E-state index is 0.0931. The molecule has 0 fully saturated rings. The third kappa shape index (κ3) is 2.50. The van der Waals surface area contributed by atoms with E-state index in [4.69, 9.17) is 10.5 Å². The van der Waals surface area contributed by atoms with Crippen LogP contribution in [0.2, 0.25) is 0 Å². The first kappa shape index (κ1) is 11.3. The van der Waals surface area contributed by atoms with Gasteiger partial charge in [0.1, 0.15) is 18.1 Å². The minimum Gasteiger partial charge on any atom is -0.505 e. The van der Waals surface area contributed by atoms with Gasteiger partial charge in [-0.2, -0.15) is 0 Å². The lowest BCUT2D eigenvalue weighted by Gasteiger charge is -2.11. The van der Waals surface area contributed by atoms with Gasteiger partial charge in [0.15, 0.2) is 0 Å². The molecule has 0 aromatic heterocycles. The van der Waals surface area contributed by atoms with Crippen LogP contribution in [0.25, 0.3) is 0 Å². The van der Waals surface area contributed by atoms with Gasteiger partial charge in [0.2, 0.25) is 0 Å². The Hall–Kier alpha value is -2.16. The van der Waals surface area contributed by atoms with Gasteiger partial charge in [0, 0.05) is 5.56 Å². The van der Waals surface area contributed by atoms with Crippen molar-refractivity contribution in [3.05, 3.63) is 53.6 Å². The Labute approximate surface area is 100 Å². The van der Waals surface area contributed by atoms with Crippen LogP contribution in [0.5, 0.6) is 11.5 Å². The van der Waals surface area contributed by atoms with Crippen LogP contribution < -0.4 is 10.5 Å². The van der Waals surface area contributed by atoms with Gasteiger partial charge in [-0.1, -0.05) is 30.3 Å². The molecule has 0 bridgehead atoms. The summed E-state index contributed by atoms with van der Waals surface area (Å²) in [6.07, 6.45) is 0. The van der Waals surface area contributed by atoms with Gasteiger partial charge >= 0.3 is 0 Å². The van der Waals surface area contributed by atoms with Gasteiger partial charge in [0.25, 0.3) is 0 Å². The molecule has 0 heterocycles. The van der Waals surface area contributed by atoms with Gasteiger partial charge in [-0.3, -0.25) is 0 Å². The topological polar surface area (TPSA) is 55.5 Å². The van der Waals surface area contributed by atoms with Crippen molar-refractivity contribution in [1.29, 1.82) is 0 Å². The molecule has 0 amide bonds. The summed E-state index contributed by atoms with van der Waals surface area (Å²) in [6.45, 7) is 2.26. The van der Waals surface area contributed by atoms with Crippen LogP contribution in [0.4, 0.5) is 5.69 Å². The number of anilines is 1. The summed E-state index contributed by atoms with van der Waals surface area (Å²) < 4.78 is 5.64. The number of hydrogen-bond acceptors (Lipinski definition) is 3. The van der Waals surface area contributed by atoms with Crippen LogP contribution in [-0.4, -0.2) is 5.11 Å². The number of nitrogens with two attached hydrogens (primary N) is 1. The Balaban J connectivity index is 2.13. The molecule has 3 nitrogen and oxygen atoms in total. The Morgan fingerprint density at radius 2 is 1.82 bits per heavy atom. The molecule has 0 saturated carbocycles. The fourth-order valence-electron chi connectivity index (χ4n) is 1.59. The van der Waals surface area contributed by atoms with Gasteiger partial charge in [-0.15, -0.1) is 0 Å². The van der Waals surface area contributed by atoms with E-state index in [2.05, 4.69) is 0 Å². The summed E-state index contributed by atoms with van der Waals surface area (Å²) in [5, 5.41) is 9.68. The predicted molar refractivity (Wildman–Crippen MR) is 68.0 cm³/mol. The van der Waals surface area contributed by atoms with Gasteiger partial charge in [0.05, 0.1) is 5.69 Å². The molecule has 0 spiro atoms. The van der Waals surface area contributed by atoms with E-state index >= 15 is 0 Å². The zero-order valence-electron chi connectivity index (χ0n) is 9.68. The number of hydrogen-bond donors (Lipinski definition) is 2. The van der Waals surface area contributed by atoms with Gasteiger partial charge < -0.3 is 15.6 Å². The summed E-state index contributed by atoms with van der Waals surface area (Å²) in [4.78, 5) is 0. The van der Waals surface area contributed by atoms with Gasteiger partial charge in [-0.05, 0) is 24.6 Å². The molecule has 0 aliphatic rings. The lowest BCUT2D eigenvalue weighted by atomic mass is 10.1. The highest BCUT2D eigenvalue weighted by atomic mass is 16.5. The van der Waals surface area contributed by atoms with Crippen LogP contribution in [0.3, 0.4) is 0 Å². The number of aromatic hydroxyl groups is 1. The zero-order chi connectivity index (χ0) is 12.3. The first-order valence-corrected chi connectivity index (χ1v) is 5.43. The van der Waals surface area contributed by atoms with Crippen LogP contribution in [-0.2, 0) is 6.61 Å². The second-order valence-electron chi connectivity index (χ2n) is 3.90. The quantitative estimate of drug-likeness (QED) is 0.628. The number of phenols is 1. The molecule has 0 aliphatic heterocycles. The van der Waals surface area contributed by atoms with Crippen molar-refractivity contribution in [2.75, 3.05) is 5.73 Å². The molecule has 0 saturated heterocycles. The predicted octanol–water partition coefficient (Wildman–Crippen LogP) is 2.86. The molecule has 0 unspecified atom stereocenters. The lowest BCUT2D eigenvalue weighted by Crippen LogP contribution is -1.98. The van der Waals surface area contributed by atoms with E-state index in [1.165, 1.54) is 0 Å². The summed E-state index contributed by atoms with van der Waals surface area (Å²) in [7, 11) is 0. The molecular formula is C14H15NO2. The van der Waals surface area contributed by atoms with Crippen molar-refractivity contribution >= 4 is 5.69 Å². The lowest BCUT2D eigenvalue weighted by molar-refractivity contribution is 0.302. The molecule has 0 aliphatic carbocycles. The SMILES string of the molecule is Cc1c(OCc2ccccc2)ccc(N)c1O. The Morgan fingerprint density at radius 1 is 1.12 bits per heavy atom. The molecule has 2 rings (SSSR count). The molecule has 2 aromatic rings. The summed E-state index contributed by atoms with van der Waals surface area (Å²) in [6, 6.07) is 13.3. The highest BCUT2D eigenvalue weighted by molar-refractivity contribution is 5.60. The van der Waals surface area contributed by atoms with E-state index in [1.54, 1.807) is 19.1 Å². The van der Waals surface area contributed by atoms with Crippen molar-refractivity contribution in [3.63, 3.8) is 0 Å². The number of phenolic OH excluding ortho intramolecular Hbond substituents is 1. The summed E-state index contributed by atoms with van der Waals surface area (Å²) in [5.41, 5.74) is 7.72. The maximum atomic E-state index is 9.68. The third-order valence-corrected chi connectivity index (χ3v) is 2.65. The molecule has 3 N–H and O–H groups in total. The van der Waals surface area contributed by atoms with E-state index in [0.717, 1.165) is 5.56 Å². The summed E-state index contributed by atoms with van der Waals surface area (Å²) >= 11 is 0. The number of rotatable bonds is 3. The number of ether oxygens (including phenoxy) is 1. The van der Waals surface area contributed by atoms with Crippen LogP contribution in [0.15, 0.2) is 42.5 Å². The zero-order valence-corrected chi connectivity index (χ0v) is 9.68. The molecule has 0 radical (unpaired) electrons. The second-order valence-corrected chi connectivity index (χ2v) is 3.90. The smallest absolute Gasteiger partial charge is 0.145 e. The monoisotopic (exact) mass is 229 g/mol. The van der Waals surface area contributed by atoms with Crippen molar-refractivity contribution < 1.29 is 9.84 Å². The highest BCUT2D eigenvalue weighted by Gasteiger charge is 2.07. The maximum Gasteiger partial charge on any atom is 0.145 e. The van der Waals surface area contributed by atoms with Crippen molar-refractivity contribution in [2.45, 2.75) is 13.5 Å². The fourth-order valence-corrected chi connectivity index (χ4v) is 1.59. The van der Waals surface area contributed by atoms with Crippen molar-refractivity contribution in [2.24, 2.45) is 0 Å². The standard InChI is InChI=1S/C14H15NO2/c1-10-13(8-7-12(15)14(10)16)17-9-11-5-3-2-4-6-11/h2-8,16H,9,15H2,1H3. The average Bonchev–Trinajstić information content (AvgIpc) is 2.36. The van der Waals surface area contributed by atoms with Crippen molar-refractivity contribution in [3.8, 4) is 11.5 Å². The van der Waals surface area contributed by atoms with Crippen LogP contribution in [0, 0.1) is 6.92 Å². The first-order valence-electron chi connectivity index (χ1n) is 5.43. The van der Waals surface area contributed by atoms with Crippen LogP contribution in [0.1, 0.15) is 11.1 Å². The minimum atomic E-state index is 0.0931. The Morgan fingerprint density at radius 3 is 2.53 bits per heavy atom. The van der Waals surface area contributed by atoms with E-state index in [9.17, 15) is 5.11 Å². The van der Waals surface area contributed by atoms with E-state index < -0.39 is 0 Å². The molecule has 3 heteroatoms. The van der Waals surface area contributed by atoms with E-state index in [1.807, 2.05) is 30.3 Å². The highest BCUT2D eigenvalue weighted by Crippen LogP contribution is 2.32. The number of nitrogen functional groups attached to an aromatic ring is 1. The fraction of sp³-hybridized carbons (Fsp3) is 0.143. The third-order valence-electron chi connectivity index (χ3n) is 2.65. The molecule has 88 valence electrons. The average molecular weight is 229 g/mol. The largest absolute Gasteiger partial charge is 0.505 e. The van der Waals surface area contributed by atoms with Crippen molar-refractivity contribution in [1.82, 2.24) is 0 Å². The maximum absolute atomic E-state index is 9.68. The Kier molecular flexibility index (Phi) is 3.19. The molecule has 0 atom stereocenters. The molecule has 17 heavy (non-hydrogen) atoms. The molecular weight excluding hydrogens is 214 g/mol. The molecule has 2 aromatic carbocycles. The Bertz CT molecular complexity index is 509. The first-order chi connectivity index (χ1) is 8.18.